The maximum Gasteiger partial charge on any atom is 0.306 e. The van der Waals surface area contributed by atoms with E-state index in [0.29, 0.717) is 19.3 Å². The van der Waals surface area contributed by atoms with Crippen LogP contribution in [0.15, 0.2) is 122 Å². The summed E-state index contributed by atoms with van der Waals surface area (Å²) in [5.41, 5.74) is 0. The second kappa shape index (κ2) is 70.3. The molecule has 83 heavy (non-hydrogen) atoms. The van der Waals surface area contributed by atoms with Crippen molar-refractivity contribution in [3.63, 3.8) is 0 Å². The molecule has 6 nitrogen and oxygen atoms in total. The van der Waals surface area contributed by atoms with Crippen LogP contribution in [0.4, 0.5) is 0 Å². The Balaban J connectivity index is 4.15. The molecule has 0 heterocycles. The minimum Gasteiger partial charge on any atom is -0.462 e. The van der Waals surface area contributed by atoms with Crippen molar-refractivity contribution in [3.05, 3.63) is 122 Å². The van der Waals surface area contributed by atoms with E-state index in [0.717, 1.165) is 128 Å². The highest BCUT2D eigenvalue weighted by atomic mass is 16.6. The van der Waals surface area contributed by atoms with E-state index in [9.17, 15) is 14.4 Å². The molecule has 1 atom stereocenters. The van der Waals surface area contributed by atoms with E-state index in [1.807, 2.05) is 0 Å². The van der Waals surface area contributed by atoms with E-state index < -0.39 is 6.10 Å². The van der Waals surface area contributed by atoms with Crippen molar-refractivity contribution >= 4 is 17.9 Å². The number of carbonyl (C=O) groups excluding carboxylic acids is 3. The third-order valence-corrected chi connectivity index (χ3v) is 15.0. The molecule has 0 amide bonds. The number of ether oxygens (including phenoxy) is 3. The van der Waals surface area contributed by atoms with Gasteiger partial charge in [-0.05, 0) is 116 Å². The molecular weight excluding hydrogens is 1020 g/mol. The summed E-state index contributed by atoms with van der Waals surface area (Å²) in [4.78, 5) is 38.2. The molecule has 0 spiro atoms. The number of carbonyl (C=O) groups is 3. The maximum absolute atomic E-state index is 12.9. The zero-order valence-corrected chi connectivity index (χ0v) is 54.4. The Morgan fingerprint density at radius 1 is 0.253 bits per heavy atom. The second-order valence-electron chi connectivity index (χ2n) is 23.1. The second-order valence-corrected chi connectivity index (χ2v) is 23.1. The number of rotatable bonds is 63. The van der Waals surface area contributed by atoms with Gasteiger partial charge in [-0.15, -0.1) is 0 Å². The SMILES string of the molecule is CC/C=C\C/C=C\C/C=C\C/C=C\C/C=C\C/C=C\C/C=C\C/C=C\CCCCCCCCC(=O)OCC(COC(=O)CCCCCCCCC)OC(=O)CCCCCCCCCCCCCCCCC/C=C\C/C=C\CCCCCCC. The zero-order valence-electron chi connectivity index (χ0n) is 54.4. The summed E-state index contributed by atoms with van der Waals surface area (Å²) >= 11 is 0. The van der Waals surface area contributed by atoms with Gasteiger partial charge in [0, 0.05) is 19.3 Å². The zero-order chi connectivity index (χ0) is 59.9. The Labute approximate surface area is 513 Å². The Morgan fingerprint density at radius 2 is 0.470 bits per heavy atom. The molecule has 0 aromatic carbocycles. The fourth-order valence-electron chi connectivity index (χ4n) is 9.73. The first-order valence-electron chi connectivity index (χ1n) is 35.0. The normalized spacial score (nSPS) is 12.9. The first-order valence-corrected chi connectivity index (χ1v) is 35.0. The molecule has 6 heteroatoms. The average molecular weight is 1150 g/mol. The summed E-state index contributed by atoms with van der Waals surface area (Å²) in [7, 11) is 0. The molecule has 0 fully saturated rings. The first kappa shape index (κ1) is 78.8. The van der Waals surface area contributed by atoms with E-state index in [4.69, 9.17) is 14.2 Å². The molecule has 0 saturated carbocycles. The van der Waals surface area contributed by atoms with Crippen molar-refractivity contribution in [3.8, 4) is 0 Å². The molecule has 0 aliphatic carbocycles. The third-order valence-electron chi connectivity index (χ3n) is 15.0. The van der Waals surface area contributed by atoms with E-state index in [-0.39, 0.29) is 31.1 Å². The highest BCUT2D eigenvalue weighted by molar-refractivity contribution is 5.71. The number of hydrogen-bond donors (Lipinski definition) is 0. The Bertz CT molecular complexity index is 1700. The molecule has 0 rings (SSSR count). The average Bonchev–Trinajstić information content (AvgIpc) is 3.50. The van der Waals surface area contributed by atoms with Crippen LogP contribution in [0, 0.1) is 0 Å². The van der Waals surface area contributed by atoms with Crippen LogP contribution in [-0.4, -0.2) is 37.2 Å². The van der Waals surface area contributed by atoms with Crippen molar-refractivity contribution < 1.29 is 28.6 Å². The van der Waals surface area contributed by atoms with E-state index in [1.54, 1.807) is 0 Å². The smallest absolute Gasteiger partial charge is 0.306 e. The first-order chi connectivity index (χ1) is 41.0. The van der Waals surface area contributed by atoms with Crippen LogP contribution < -0.4 is 0 Å². The molecule has 0 N–H and O–H groups in total. The lowest BCUT2D eigenvalue weighted by Crippen LogP contribution is -2.30. The molecule has 0 saturated heterocycles. The standard InChI is InChI=1S/C77H130O6/c1-4-7-10-13-16-18-20-22-24-26-28-30-32-34-36-37-38-39-41-42-44-46-48-50-52-54-56-58-61-64-67-70-76(79)82-73-74(72-81-75(78)69-66-63-60-15-12-9-6-3)83-77(80)71-68-65-62-59-57-55-53-51-49-47-45-43-40-35-33-31-29-27-25-23-21-19-17-14-11-8-5-2/h7,10,16,18,21-24,27-30,34,36,38-39,42,44,48,50,74H,4-6,8-9,11-15,17,19-20,25-26,31-33,35,37,40-41,43,45-47,49,51-73H2,1-3H3/b10-7-,18-16-,23-21-,24-22-,29-27-,30-28-,36-34-,39-38-,44-42-,50-48-. The summed E-state index contributed by atoms with van der Waals surface area (Å²) in [5, 5.41) is 0. The molecule has 1 unspecified atom stereocenters. The van der Waals surface area contributed by atoms with Gasteiger partial charge in [0.25, 0.3) is 0 Å². The van der Waals surface area contributed by atoms with Crippen LogP contribution in [0.1, 0.15) is 329 Å². The van der Waals surface area contributed by atoms with Crippen molar-refractivity contribution in [2.75, 3.05) is 13.2 Å². The summed E-state index contributed by atoms with van der Waals surface area (Å²) in [6.07, 6.45) is 98.2. The molecule has 0 aromatic rings. The maximum atomic E-state index is 12.9. The summed E-state index contributed by atoms with van der Waals surface area (Å²) in [6, 6.07) is 0. The number of hydrogen-bond acceptors (Lipinski definition) is 6. The monoisotopic (exact) mass is 1150 g/mol. The van der Waals surface area contributed by atoms with Gasteiger partial charge in [-0.25, -0.2) is 0 Å². The third kappa shape index (κ3) is 68.5. The lowest BCUT2D eigenvalue weighted by atomic mass is 10.0. The van der Waals surface area contributed by atoms with Gasteiger partial charge in [-0.3, -0.25) is 14.4 Å². The van der Waals surface area contributed by atoms with Crippen LogP contribution >= 0.6 is 0 Å². The van der Waals surface area contributed by atoms with Gasteiger partial charge in [0.2, 0.25) is 0 Å². The van der Waals surface area contributed by atoms with E-state index in [1.165, 1.54) is 161 Å². The number of allylic oxidation sites excluding steroid dienone is 20. The van der Waals surface area contributed by atoms with Gasteiger partial charge in [-0.2, -0.15) is 0 Å². The van der Waals surface area contributed by atoms with Crippen LogP contribution in [0.25, 0.3) is 0 Å². The van der Waals surface area contributed by atoms with Crippen molar-refractivity contribution in [2.24, 2.45) is 0 Å². The molecule has 474 valence electrons. The Kier molecular flexibility index (Phi) is 66.7. The van der Waals surface area contributed by atoms with Crippen LogP contribution in [0.3, 0.4) is 0 Å². The largest absolute Gasteiger partial charge is 0.462 e. The minimum absolute atomic E-state index is 0.0820. The Hall–Kier alpha value is -4.19. The van der Waals surface area contributed by atoms with Crippen molar-refractivity contribution in [1.82, 2.24) is 0 Å². The van der Waals surface area contributed by atoms with Gasteiger partial charge < -0.3 is 14.2 Å². The molecule has 0 aliphatic heterocycles. The highest BCUT2D eigenvalue weighted by Crippen LogP contribution is 2.17. The fraction of sp³-hybridized carbons (Fsp3) is 0.701. The quantitative estimate of drug-likeness (QED) is 0.0261. The van der Waals surface area contributed by atoms with Crippen LogP contribution in [-0.2, 0) is 28.6 Å². The highest BCUT2D eigenvalue weighted by Gasteiger charge is 2.19. The summed E-state index contributed by atoms with van der Waals surface area (Å²) in [5.74, 6) is -0.895. The van der Waals surface area contributed by atoms with Crippen molar-refractivity contribution in [2.45, 2.75) is 335 Å². The van der Waals surface area contributed by atoms with Gasteiger partial charge in [-0.1, -0.05) is 316 Å². The van der Waals surface area contributed by atoms with Crippen LogP contribution in [0.2, 0.25) is 0 Å². The predicted molar refractivity (Wildman–Crippen MR) is 362 cm³/mol. The van der Waals surface area contributed by atoms with Crippen LogP contribution in [0.5, 0.6) is 0 Å². The molecule has 0 aliphatic rings. The van der Waals surface area contributed by atoms with Gasteiger partial charge in [0.1, 0.15) is 13.2 Å². The minimum atomic E-state index is -0.785. The predicted octanol–water partition coefficient (Wildman–Crippen LogP) is 24.3. The van der Waals surface area contributed by atoms with E-state index >= 15 is 0 Å². The molecular formula is C77H130O6. The number of esters is 3. The van der Waals surface area contributed by atoms with Crippen molar-refractivity contribution in [1.29, 1.82) is 0 Å². The summed E-state index contributed by atoms with van der Waals surface area (Å²) < 4.78 is 16.9. The number of unbranched alkanes of at least 4 members (excludes halogenated alkanes) is 32. The molecule has 0 bridgehead atoms. The molecule has 0 aromatic heterocycles. The summed E-state index contributed by atoms with van der Waals surface area (Å²) in [6.45, 7) is 6.49. The fourth-order valence-corrected chi connectivity index (χ4v) is 9.73. The molecule has 0 radical (unpaired) electrons. The van der Waals surface area contributed by atoms with Gasteiger partial charge >= 0.3 is 17.9 Å². The topological polar surface area (TPSA) is 78.9 Å². The Morgan fingerprint density at radius 3 is 0.735 bits per heavy atom. The lowest BCUT2D eigenvalue weighted by Gasteiger charge is -2.18. The lowest BCUT2D eigenvalue weighted by molar-refractivity contribution is -0.167. The van der Waals surface area contributed by atoms with Gasteiger partial charge in [0.15, 0.2) is 6.10 Å². The van der Waals surface area contributed by atoms with E-state index in [2.05, 4.69) is 142 Å². The van der Waals surface area contributed by atoms with Gasteiger partial charge in [0.05, 0.1) is 0 Å².